The zero-order chi connectivity index (χ0) is 25.6. The molecule has 2 fully saturated rings. The molecular formula is C27H22F2N6O2. The van der Waals surface area contributed by atoms with Crippen LogP contribution in [0, 0.1) is 36.4 Å². The van der Waals surface area contributed by atoms with Crippen LogP contribution in [-0.2, 0) is 11.8 Å². The molecule has 4 heterocycles. The number of carboxylic acids is 1. The second-order valence-corrected chi connectivity index (χ2v) is 9.94. The smallest absolute Gasteiger partial charge is 0.307 e. The SMILES string of the molecule is Cc1cccc2c(-c3ccc(F)c4nn(C)c(F)c34)nn(-c3ccc(N4C[C@@H]5C(C(=O)O)[C@@H]5C4)nc3)c12. The van der Waals surface area contributed by atoms with Crippen molar-refractivity contribution >= 4 is 33.6 Å². The second kappa shape index (κ2) is 7.58. The number of hydrogen-bond acceptors (Lipinski definition) is 5. The maximum atomic E-state index is 15.0. The molecular weight excluding hydrogens is 478 g/mol. The molecule has 1 saturated heterocycles. The van der Waals surface area contributed by atoms with E-state index < -0.39 is 17.7 Å². The van der Waals surface area contributed by atoms with Crippen LogP contribution in [0.4, 0.5) is 14.6 Å². The standard InChI is InChI=1S/C27H22F2N6O2/c1-13-4-3-5-16-23(15-7-8-19(28)24-22(15)26(29)33(2)31-24)32-35(25(13)16)14-6-9-20(30-10-14)34-11-17-18(12-34)21(17)27(36)37/h3-10,17-18,21H,11-12H2,1-2H3,(H,36,37)/t17-,18+,21?. The number of benzene rings is 2. The van der Waals surface area contributed by atoms with E-state index in [2.05, 4.69) is 15.0 Å². The van der Waals surface area contributed by atoms with Gasteiger partial charge in [-0.25, -0.2) is 18.7 Å². The number of hydrogen-bond donors (Lipinski definition) is 1. The third-order valence-corrected chi connectivity index (χ3v) is 7.81. The number of piperidine rings is 1. The Morgan fingerprint density at radius 3 is 2.54 bits per heavy atom. The van der Waals surface area contributed by atoms with E-state index >= 15 is 4.39 Å². The Bertz CT molecular complexity index is 1730. The maximum Gasteiger partial charge on any atom is 0.307 e. The molecule has 7 rings (SSSR count). The Kier molecular flexibility index (Phi) is 4.49. The topological polar surface area (TPSA) is 89.1 Å². The van der Waals surface area contributed by atoms with Gasteiger partial charge >= 0.3 is 5.97 Å². The number of para-hydroxylation sites is 1. The van der Waals surface area contributed by atoms with Crippen LogP contribution in [0.5, 0.6) is 0 Å². The van der Waals surface area contributed by atoms with E-state index in [0.717, 1.165) is 32.7 Å². The van der Waals surface area contributed by atoms with E-state index in [9.17, 15) is 14.3 Å². The number of rotatable bonds is 4. The molecule has 3 aromatic heterocycles. The van der Waals surface area contributed by atoms with Crippen molar-refractivity contribution in [3.63, 3.8) is 0 Å². The van der Waals surface area contributed by atoms with Gasteiger partial charge in [-0.1, -0.05) is 18.2 Å². The number of pyridine rings is 1. The summed E-state index contributed by atoms with van der Waals surface area (Å²) in [6, 6.07) is 12.5. The van der Waals surface area contributed by atoms with Crippen LogP contribution < -0.4 is 4.90 Å². The fourth-order valence-electron chi connectivity index (χ4n) is 5.92. The molecule has 2 aliphatic rings. The van der Waals surface area contributed by atoms with Crippen molar-refractivity contribution in [1.82, 2.24) is 24.5 Å². The van der Waals surface area contributed by atoms with Crippen LogP contribution >= 0.6 is 0 Å². The van der Waals surface area contributed by atoms with E-state index in [-0.39, 0.29) is 28.7 Å². The number of halogens is 2. The number of aromatic nitrogens is 5. The first-order valence-corrected chi connectivity index (χ1v) is 12.1. The Hall–Kier alpha value is -4.34. The Balaban J connectivity index is 1.31. The summed E-state index contributed by atoms with van der Waals surface area (Å²) in [6.07, 6.45) is 1.74. The van der Waals surface area contributed by atoms with Crippen molar-refractivity contribution in [1.29, 1.82) is 0 Å². The maximum absolute atomic E-state index is 15.0. The summed E-state index contributed by atoms with van der Waals surface area (Å²) in [5.74, 6) is -0.966. The van der Waals surface area contributed by atoms with E-state index in [1.807, 2.05) is 37.3 Å². The van der Waals surface area contributed by atoms with Gasteiger partial charge in [0.05, 0.1) is 28.7 Å². The molecule has 2 aromatic carbocycles. The van der Waals surface area contributed by atoms with Gasteiger partial charge in [-0.15, -0.1) is 0 Å². The molecule has 5 aromatic rings. The predicted octanol–water partition coefficient (Wildman–Crippen LogP) is 4.33. The van der Waals surface area contributed by atoms with Gasteiger partial charge in [-0.05, 0) is 48.6 Å². The highest BCUT2D eigenvalue weighted by Crippen LogP contribution is 2.52. The number of aliphatic carboxylic acids is 1. The Labute approximate surface area is 209 Å². The quantitative estimate of drug-likeness (QED) is 0.395. The summed E-state index contributed by atoms with van der Waals surface area (Å²) < 4.78 is 32.3. The number of carboxylic acid groups (broad SMARTS) is 1. The third kappa shape index (κ3) is 3.11. The first-order chi connectivity index (χ1) is 17.8. The molecule has 0 bridgehead atoms. The second-order valence-electron chi connectivity index (χ2n) is 9.94. The minimum Gasteiger partial charge on any atom is -0.481 e. The van der Waals surface area contributed by atoms with E-state index in [1.54, 1.807) is 16.9 Å². The van der Waals surface area contributed by atoms with Crippen LogP contribution in [0.15, 0.2) is 48.7 Å². The van der Waals surface area contributed by atoms with Gasteiger partial charge in [0.1, 0.15) is 17.0 Å². The number of carbonyl (C=O) groups is 1. The molecule has 37 heavy (non-hydrogen) atoms. The van der Waals surface area contributed by atoms with Crippen molar-refractivity contribution in [2.45, 2.75) is 6.92 Å². The van der Waals surface area contributed by atoms with Gasteiger partial charge in [0.25, 0.3) is 0 Å². The predicted molar refractivity (Wildman–Crippen MR) is 134 cm³/mol. The lowest BCUT2D eigenvalue weighted by Gasteiger charge is -2.20. The molecule has 1 aliphatic carbocycles. The average Bonchev–Trinajstić information content (AvgIpc) is 3.17. The Morgan fingerprint density at radius 1 is 1.05 bits per heavy atom. The van der Waals surface area contributed by atoms with Crippen LogP contribution in [0.2, 0.25) is 0 Å². The summed E-state index contributed by atoms with van der Waals surface area (Å²) in [7, 11) is 1.44. The van der Waals surface area contributed by atoms with E-state index in [4.69, 9.17) is 5.10 Å². The monoisotopic (exact) mass is 500 g/mol. The third-order valence-electron chi connectivity index (χ3n) is 7.81. The minimum absolute atomic E-state index is 0.0346. The molecule has 1 unspecified atom stereocenters. The highest BCUT2D eigenvalue weighted by Gasteiger charge is 2.60. The van der Waals surface area contributed by atoms with Crippen molar-refractivity contribution in [2.24, 2.45) is 24.8 Å². The fraction of sp³-hybridized carbons (Fsp3) is 0.259. The van der Waals surface area contributed by atoms with Crippen LogP contribution in [0.3, 0.4) is 0 Å². The van der Waals surface area contributed by atoms with Gasteiger partial charge in [0, 0.05) is 31.1 Å². The molecule has 0 amide bonds. The lowest BCUT2D eigenvalue weighted by Crippen LogP contribution is -2.26. The normalized spacial score (nSPS) is 20.6. The number of aryl methyl sites for hydroxylation is 2. The van der Waals surface area contributed by atoms with Crippen LogP contribution in [-0.4, -0.2) is 48.7 Å². The molecule has 0 radical (unpaired) electrons. The molecule has 186 valence electrons. The molecule has 8 nitrogen and oxygen atoms in total. The van der Waals surface area contributed by atoms with Gasteiger partial charge in [-0.2, -0.15) is 14.6 Å². The minimum atomic E-state index is -0.709. The van der Waals surface area contributed by atoms with Crippen LogP contribution in [0.25, 0.3) is 38.8 Å². The zero-order valence-electron chi connectivity index (χ0n) is 20.1. The lowest BCUT2D eigenvalue weighted by molar-refractivity contribution is -0.139. The average molecular weight is 501 g/mol. The molecule has 1 aliphatic heterocycles. The molecule has 0 spiro atoms. The summed E-state index contributed by atoms with van der Waals surface area (Å²) in [5.41, 5.74) is 3.51. The largest absolute Gasteiger partial charge is 0.481 e. The summed E-state index contributed by atoms with van der Waals surface area (Å²) in [6.45, 7) is 3.37. The van der Waals surface area contributed by atoms with Gasteiger partial charge in [0.15, 0.2) is 5.82 Å². The highest BCUT2D eigenvalue weighted by molar-refractivity contribution is 6.04. The number of nitrogens with zero attached hydrogens (tertiary/aromatic N) is 6. The first-order valence-electron chi connectivity index (χ1n) is 12.1. The van der Waals surface area contributed by atoms with E-state index in [1.165, 1.54) is 13.1 Å². The molecule has 10 heteroatoms. The summed E-state index contributed by atoms with van der Waals surface area (Å²) in [4.78, 5) is 18.1. The molecule has 3 atom stereocenters. The lowest BCUT2D eigenvalue weighted by atomic mass is 10.0. The van der Waals surface area contributed by atoms with Gasteiger partial charge in [0.2, 0.25) is 5.95 Å². The summed E-state index contributed by atoms with van der Waals surface area (Å²) in [5, 5.41) is 19.1. The highest BCUT2D eigenvalue weighted by atomic mass is 19.1. The van der Waals surface area contributed by atoms with Gasteiger partial charge < -0.3 is 10.0 Å². The van der Waals surface area contributed by atoms with Gasteiger partial charge in [-0.3, -0.25) is 4.79 Å². The van der Waals surface area contributed by atoms with Crippen molar-refractivity contribution in [3.05, 3.63) is 66.0 Å². The fourth-order valence-corrected chi connectivity index (χ4v) is 5.92. The van der Waals surface area contributed by atoms with Crippen molar-refractivity contribution in [2.75, 3.05) is 18.0 Å². The first kappa shape index (κ1) is 21.9. The molecule has 1 N–H and O–H groups in total. The van der Waals surface area contributed by atoms with E-state index in [0.29, 0.717) is 24.3 Å². The zero-order valence-corrected chi connectivity index (χ0v) is 20.1. The van der Waals surface area contributed by atoms with Crippen molar-refractivity contribution < 1.29 is 18.7 Å². The number of fused-ring (bicyclic) bond motifs is 3. The van der Waals surface area contributed by atoms with Crippen LogP contribution in [0.1, 0.15) is 5.56 Å². The van der Waals surface area contributed by atoms with Crippen molar-refractivity contribution in [3.8, 4) is 16.9 Å². The summed E-state index contributed by atoms with van der Waals surface area (Å²) >= 11 is 0. The Morgan fingerprint density at radius 2 is 1.84 bits per heavy atom. The molecule has 1 saturated carbocycles. The number of anilines is 1.